The second kappa shape index (κ2) is 4.54. The summed E-state index contributed by atoms with van der Waals surface area (Å²) in [6.07, 6.45) is 2.19. The fourth-order valence-electron chi connectivity index (χ4n) is 6.94. The fourth-order valence-corrected chi connectivity index (χ4v) is 6.94. The van der Waals surface area contributed by atoms with Gasteiger partial charge in [-0.05, 0) is 109 Å². The van der Waals surface area contributed by atoms with Crippen LogP contribution in [-0.4, -0.2) is 0 Å². The first-order valence-corrected chi connectivity index (χ1v) is 10.8. The Morgan fingerprint density at radius 1 is 0.517 bits per heavy atom. The van der Waals surface area contributed by atoms with Crippen LogP contribution in [0.1, 0.15) is 56.0 Å². The maximum absolute atomic E-state index is 2.45. The Morgan fingerprint density at radius 2 is 0.931 bits per heavy atom. The second-order valence-electron chi connectivity index (χ2n) is 9.35. The van der Waals surface area contributed by atoms with E-state index >= 15 is 0 Å². The zero-order valence-corrected chi connectivity index (χ0v) is 16.7. The standard InChI is InChI=1S/C29H20/c1-14-4-3-5-15(2)22(14)27-20-10-8-18-12-16-6-7-17-13-19-9-11-21(27)29-26(19)24(17)23(16)25(18)28(20)29/h3-11,27H,12-13H2,1-2H3. The highest BCUT2D eigenvalue weighted by atomic mass is 14.4. The van der Waals surface area contributed by atoms with Crippen molar-refractivity contribution in [3.63, 3.8) is 0 Å². The summed E-state index contributed by atoms with van der Waals surface area (Å²) in [7, 11) is 0. The molecular weight excluding hydrogens is 348 g/mol. The molecule has 3 aliphatic carbocycles. The van der Waals surface area contributed by atoms with Gasteiger partial charge in [-0.1, -0.05) is 54.6 Å². The number of hydrogen-bond donors (Lipinski definition) is 0. The Bertz CT molecular complexity index is 1500. The molecule has 0 atom stereocenters. The van der Waals surface area contributed by atoms with Crippen LogP contribution in [0, 0.1) is 13.8 Å². The van der Waals surface area contributed by atoms with Crippen molar-refractivity contribution in [3.8, 4) is 0 Å². The van der Waals surface area contributed by atoms with E-state index in [9.17, 15) is 0 Å². The van der Waals surface area contributed by atoms with E-state index in [4.69, 9.17) is 0 Å². The number of rotatable bonds is 1. The van der Waals surface area contributed by atoms with Gasteiger partial charge in [-0.25, -0.2) is 0 Å². The average Bonchev–Trinajstić information content (AvgIpc) is 3.36. The Kier molecular flexibility index (Phi) is 2.32. The van der Waals surface area contributed by atoms with Crippen molar-refractivity contribution in [2.75, 3.05) is 0 Å². The molecule has 5 aromatic rings. The van der Waals surface area contributed by atoms with E-state index in [0.717, 1.165) is 12.8 Å². The summed E-state index contributed by atoms with van der Waals surface area (Å²) in [6.45, 7) is 4.57. The number of hydrogen-bond acceptors (Lipinski definition) is 0. The predicted molar refractivity (Wildman–Crippen MR) is 121 cm³/mol. The smallest absolute Gasteiger partial charge is 0.0357 e. The highest BCUT2D eigenvalue weighted by molar-refractivity contribution is 6.33. The lowest BCUT2D eigenvalue weighted by Crippen LogP contribution is -2.04. The summed E-state index contributed by atoms with van der Waals surface area (Å²) in [5, 5.41) is 9.39. The zero-order valence-electron chi connectivity index (χ0n) is 16.7. The van der Waals surface area contributed by atoms with Crippen LogP contribution >= 0.6 is 0 Å². The number of benzene rings is 5. The maximum atomic E-state index is 2.45. The van der Waals surface area contributed by atoms with E-state index in [2.05, 4.69) is 68.4 Å². The average molecular weight is 368 g/mol. The monoisotopic (exact) mass is 368 g/mol. The molecule has 0 aliphatic heterocycles. The molecule has 136 valence electrons. The predicted octanol–water partition coefficient (Wildman–Crippen LogP) is 7.07. The molecule has 8 rings (SSSR count). The van der Waals surface area contributed by atoms with Gasteiger partial charge in [0.1, 0.15) is 0 Å². The summed E-state index contributed by atoms with van der Waals surface area (Å²) >= 11 is 0. The van der Waals surface area contributed by atoms with Gasteiger partial charge in [0.15, 0.2) is 0 Å². The largest absolute Gasteiger partial charge is 0.0617 e. The molecule has 0 fully saturated rings. The van der Waals surface area contributed by atoms with Crippen LogP contribution in [0.3, 0.4) is 0 Å². The molecular formula is C29H20. The molecule has 0 heteroatoms. The lowest BCUT2D eigenvalue weighted by molar-refractivity contribution is 0.981. The first-order chi connectivity index (χ1) is 14.2. The molecule has 0 heterocycles. The van der Waals surface area contributed by atoms with Crippen LogP contribution < -0.4 is 0 Å². The van der Waals surface area contributed by atoms with Gasteiger partial charge in [-0.15, -0.1) is 0 Å². The van der Waals surface area contributed by atoms with Crippen molar-refractivity contribution in [2.45, 2.75) is 32.6 Å². The van der Waals surface area contributed by atoms with Crippen molar-refractivity contribution in [1.82, 2.24) is 0 Å². The van der Waals surface area contributed by atoms with Crippen LogP contribution in [0.25, 0.3) is 32.3 Å². The van der Waals surface area contributed by atoms with Gasteiger partial charge >= 0.3 is 0 Å². The van der Waals surface area contributed by atoms with Crippen LogP contribution in [-0.2, 0) is 12.8 Å². The summed E-state index contributed by atoms with van der Waals surface area (Å²) in [5.41, 5.74) is 13.5. The third-order valence-electron chi connectivity index (χ3n) is 7.99. The molecule has 5 aromatic carbocycles. The molecule has 0 spiro atoms. The van der Waals surface area contributed by atoms with Crippen LogP contribution in [0.2, 0.25) is 0 Å². The van der Waals surface area contributed by atoms with E-state index in [0.29, 0.717) is 5.92 Å². The minimum Gasteiger partial charge on any atom is -0.0617 e. The molecule has 0 saturated carbocycles. The minimum atomic E-state index is 0.360. The Labute approximate surface area is 169 Å². The molecule has 0 nitrogen and oxygen atoms in total. The van der Waals surface area contributed by atoms with Gasteiger partial charge in [0.05, 0.1) is 0 Å². The SMILES string of the molecule is Cc1cccc(C)c1C1c2ccc3c4c5c(ccc6c5c5c(ccc1c5c24)C6)C3. The zero-order chi connectivity index (χ0) is 19.0. The highest BCUT2D eigenvalue weighted by Crippen LogP contribution is 2.57. The lowest BCUT2D eigenvalue weighted by atomic mass is 9.83. The molecule has 0 radical (unpaired) electrons. The van der Waals surface area contributed by atoms with E-state index in [1.165, 1.54) is 50.1 Å². The summed E-state index contributed by atoms with van der Waals surface area (Å²) in [6, 6.07) is 21.3. The Balaban J connectivity index is 1.67. The first-order valence-electron chi connectivity index (χ1n) is 10.8. The maximum Gasteiger partial charge on any atom is 0.0357 e. The van der Waals surface area contributed by atoms with Gasteiger partial charge in [0.25, 0.3) is 0 Å². The van der Waals surface area contributed by atoms with Gasteiger partial charge < -0.3 is 0 Å². The third-order valence-corrected chi connectivity index (χ3v) is 7.99. The third kappa shape index (κ3) is 1.48. The Morgan fingerprint density at radius 3 is 1.41 bits per heavy atom. The van der Waals surface area contributed by atoms with E-state index in [-0.39, 0.29) is 0 Å². The van der Waals surface area contributed by atoms with Crippen LogP contribution in [0.15, 0.2) is 54.6 Å². The van der Waals surface area contributed by atoms with Gasteiger partial charge in [0, 0.05) is 5.92 Å². The van der Waals surface area contributed by atoms with Crippen molar-refractivity contribution in [2.24, 2.45) is 0 Å². The van der Waals surface area contributed by atoms with E-state index in [1.54, 1.807) is 32.3 Å². The minimum absolute atomic E-state index is 0.360. The van der Waals surface area contributed by atoms with Crippen LogP contribution in [0.5, 0.6) is 0 Å². The molecule has 0 bridgehead atoms. The number of aryl methyl sites for hydroxylation is 2. The van der Waals surface area contributed by atoms with Crippen molar-refractivity contribution >= 4 is 32.3 Å². The molecule has 0 amide bonds. The molecule has 29 heavy (non-hydrogen) atoms. The Hall–Kier alpha value is -3.12. The normalized spacial score (nSPS) is 15.5. The second-order valence-corrected chi connectivity index (χ2v) is 9.35. The van der Waals surface area contributed by atoms with E-state index < -0.39 is 0 Å². The molecule has 0 unspecified atom stereocenters. The van der Waals surface area contributed by atoms with Gasteiger partial charge in [-0.3, -0.25) is 0 Å². The van der Waals surface area contributed by atoms with E-state index in [1.807, 2.05) is 0 Å². The van der Waals surface area contributed by atoms with Crippen molar-refractivity contribution in [3.05, 3.63) is 105 Å². The van der Waals surface area contributed by atoms with Crippen molar-refractivity contribution in [1.29, 1.82) is 0 Å². The first kappa shape index (κ1) is 14.8. The van der Waals surface area contributed by atoms with Gasteiger partial charge in [-0.2, -0.15) is 0 Å². The summed E-state index contributed by atoms with van der Waals surface area (Å²) < 4.78 is 0. The lowest BCUT2D eigenvalue weighted by Gasteiger charge is -2.20. The summed E-state index contributed by atoms with van der Waals surface area (Å²) in [5.74, 6) is 0.360. The van der Waals surface area contributed by atoms with Gasteiger partial charge in [0.2, 0.25) is 0 Å². The summed E-state index contributed by atoms with van der Waals surface area (Å²) in [4.78, 5) is 0. The fraction of sp³-hybridized carbons (Fsp3) is 0.172. The quantitative estimate of drug-likeness (QED) is 0.272. The van der Waals surface area contributed by atoms with Crippen LogP contribution in [0.4, 0.5) is 0 Å². The highest BCUT2D eigenvalue weighted by Gasteiger charge is 2.36. The molecule has 0 saturated heterocycles. The molecule has 3 aliphatic rings. The topological polar surface area (TPSA) is 0 Å². The molecule has 0 N–H and O–H groups in total. The molecule has 0 aromatic heterocycles. The van der Waals surface area contributed by atoms with Crippen molar-refractivity contribution < 1.29 is 0 Å².